The van der Waals surface area contributed by atoms with E-state index >= 15 is 0 Å². The van der Waals surface area contributed by atoms with Crippen molar-refractivity contribution in [1.29, 1.82) is 0 Å². The molecule has 1 aromatic carbocycles. The van der Waals surface area contributed by atoms with Gasteiger partial charge < -0.3 is 9.53 Å². The molecule has 0 aliphatic carbocycles. The first-order valence-electron chi connectivity index (χ1n) is 4.13. The molecule has 0 spiro atoms. The zero-order valence-corrected chi connectivity index (χ0v) is 8.32. The molecular formula is C10H9F3O3. The maximum absolute atomic E-state index is 11.7. The minimum Gasteiger partial charge on any atom is -0.406 e. The lowest BCUT2D eigenvalue weighted by Gasteiger charge is -2.08. The highest BCUT2D eigenvalue weighted by Gasteiger charge is 2.30. The Kier molecular flexibility index (Phi) is 5.84. The summed E-state index contributed by atoms with van der Waals surface area (Å²) in [5, 5.41) is 0. The average molecular weight is 234 g/mol. The normalized spacial score (nSPS) is 9.75. The van der Waals surface area contributed by atoms with E-state index in [9.17, 15) is 18.0 Å². The number of ether oxygens (including phenoxy) is 1. The van der Waals surface area contributed by atoms with Crippen molar-refractivity contribution in [2.45, 2.75) is 13.3 Å². The third-order valence-corrected chi connectivity index (χ3v) is 1.23. The number of halogens is 3. The van der Waals surface area contributed by atoms with Gasteiger partial charge >= 0.3 is 6.36 Å². The van der Waals surface area contributed by atoms with Gasteiger partial charge in [-0.3, -0.25) is 4.79 Å². The molecule has 0 N–H and O–H groups in total. The van der Waals surface area contributed by atoms with Crippen LogP contribution < -0.4 is 4.74 Å². The third kappa shape index (κ3) is 6.58. The largest absolute Gasteiger partial charge is 0.573 e. The maximum Gasteiger partial charge on any atom is 0.573 e. The van der Waals surface area contributed by atoms with Crippen molar-refractivity contribution < 1.29 is 27.5 Å². The molecule has 0 saturated heterocycles. The Labute approximate surface area is 89.8 Å². The number of hydrogen-bond acceptors (Lipinski definition) is 3. The maximum atomic E-state index is 11.7. The lowest BCUT2D eigenvalue weighted by Crippen LogP contribution is -2.17. The Morgan fingerprint density at radius 3 is 2.25 bits per heavy atom. The molecule has 16 heavy (non-hydrogen) atoms. The SMILES string of the molecule is CC=O.O=Cc1cccc(OC(F)(F)F)c1. The summed E-state index contributed by atoms with van der Waals surface area (Å²) in [6, 6.07) is 4.84. The Hall–Kier alpha value is -1.85. The van der Waals surface area contributed by atoms with Crippen LogP contribution in [0, 0.1) is 0 Å². The standard InChI is InChI=1S/C8H5F3O2.C2H4O/c9-8(10,11)13-7-3-1-2-6(4-7)5-12;1-2-3/h1-5H;2H,1H3. The van der Waals surface area contributed by atoms with Crippen LogP contribution in [0.4, 0.5) is 13.2 Å². The van der Waals surface area contributed by atoms with E-state index in [1.165, 1.54) is 19.1 Å². The summed E-state index contributed by atoms with van der Waals surface area (Å²) in [6.07, 6.45) is -3.52. The Morgan fingerprint density at radius 1 is 1.25 bits per heavy atom. The minimum absolute atomic E-state index is 0.141. The number of benzene rings is 1. The van der Waals surface area contributed by atoms with Crippen LogP contribution in [-0.4, -0.2) is 18.9 Å². The molecular weight excluding hydrogens is 225 g/mol. The summed E-state index contributed by atoms with van der Waals surface area (Å²) in [5.74, 6) is -0.392. The second kappa shape index (κ2) is 6.60. The zero-order chi connectivity index (χ0) is 12.6. The molecule has 0 radical (unpaired) electrons. The van der Waals surface area contributed by atoms with Crippen molar-refractivity contribution in [2.24, 2.45) is 0 Å². The number of hydrogen-bond donors (Lipinski definition) is 0. The predicted molar refractivity (Wildman–Crippen MR) is 50.3 cm³/mol. The highest BCUT2D eigenvalue weighted by atomic mass is 19.4. The van der Waals surface area contributed by atoms with Crippen LogP contribution in [0.5, 0.6) is 5.75 Å². The number of aldehydes is 2. The van der Waals surface area contributed by atoms with Crippen LogP contribution in [-0.2, 0) is 4.79 Å². The summed E-state index contributed by atoms with van der Waals surface area (Å²) in [5.41, 5.74) is 0.141. The predicted octanol–water partition coefficient (Wildman–Crippen LogP) is 2.60. The first kappa shape index (κ1) is 14.2. The zero-order valence-electron chi connectivity index (χ0n) is 8.32. The molecule has 6 heteroatoms. The second-order valence-corrected chi connectivity index (χ2v) is 2.47. The van der Waals surface area contributed by atoms with Crippen LogP contribution in [0.2, 0.25) is 0 Å². The molecule has 0 saturated carbocycles. The molecule has 0 unspecified atom stereocenters. The monoisotopic (exact) mass is 234 g/mol. The van der Waals surface area contributed by atoms with Gasteiger partial charge in [-0.25, -0.2) is 0 Å². The highest BCUT2D eigenvalue weighted by molar-refractivity contribution is 5.75. The van der Waals surface area contributed by atoms with Gasteiger partial charge in [0.2, 0.25) is 0 Å². The van der Waals surface area contributed by atoms with E-state index in [2.05, 4.69) is 4.74 Å². The molecule has 0 aliphatic heterocycles. The van der Waals surface area contributed by atoms with Gasteiger partial charge in [-0.2, -0.15) is 0 Å². The van der Waals surface area contributed by atoms with Crippen LogP contribution >= 0.6 is 0 Å². The second-order valence-electron chi connectivity index (χ2n) is 2.47. The third-order valence-electron chi connectivity index (χ3n) is 1.23. The number of carbonyl (C=O) groups excluding carboxylic acids is 2. The Morgan fingerprint density at radius 2 is 1.81 bits per heavy atom. The fourth-order valence-electron chi connectivity index (χ4n) is 0.785. The fraction of sp³-hybridized carbons (Fsp3) is 0.200. The van der Waals surface area contributed by atoms with Crippen molar-refractivity contribution in [3.05, 3.63) is 29.8 Å². The number of rotatable bonds is 2. The van der Waals surface area contributed by atoms with Gasteiger partial charge in [0.1, 0.15) is 18.3 Å². The highest BCUT2D eigenvalue weighted by Crippen LogP contribution is 2.22. The van der Waals surface area contributed by atoms with Crippen molar-refractivity contribution >= 4 is 12.6 Å². The number of carbonyl (C=O) groups is 2. The lowest BCUT2D eigenvalue weighted by atomic mass is 10.2. The van der Waals surface area contributed by atoms with E-state index in [4.69, 9.17) is 4.79 Å². The molecule has 1 rings (SSSR count). The molecule has 3 nitrogen and oxygen atoms in total. The molecule has 0 atom stereocenters. The van der Waals surface area contributed by atoms with Crippen molar-refractivity contribution in [3.63, 3.8) is 0 Å². The van der Waals surface area contributed by atoms with Gasteiger partial charge in [0.05, 0.1) is 0 Å². The van der Waals surface area contributed by atoms with Crippen LogP contribution in [0.1, 0.15) is 17.3 Å². The molecule has 0 bridgehead atoms. The van der Waals surface area contributed by atoms with Gasteiger partial charge in [0, 0.05) is 5.56 Å². The van der Waals surface area contributed by atoms with Crippen molar-refractivity contribution in [2.75, 3.05) is 0 Å². The topological polar surface area (TPSA) is 43.4 Å². The average Bonchev–Trinajstić information content (AvgIpc) is 2.16. The Bertz CT molecular complexity index is 347. The summed E-state index contributed by atoms with van der Waals surface area (Å²) >= 11 is 0. The van der Waals surface area contributed by atoms with E-state index in [0.29, 0.717) is 6.29 Å². The van der Waals surface area contributed by atoms with Crippen LogP contribution in [0.3, 0.4) is 0 Å². The van der Waals surface area contributed by atoms with E-state index in [1.807, 2.05) is 0 Å². The molecule has 0 heterocycles. The summed E-state index contributed by atoms with van der Waals surface area (Å²) < 4.78 is 38.6. The van der Waals surface area contributed by atoms with Crippen molar-refractivity contribution in [1.82, 2.24) is 0 Å². The van der Waals surface area contributed by atoms with Crippen LogP contribution in [0.15, 0.2) is 24.3 Å². The molecule has 0 fully saturated rings. The van der Waals surface area contributed by atoms with E-state index < -0.39 is 12.1 Å². The van der Waals surface area contributed by atoms with Gasteiger partial charge in [-0.15, -0.1) is 13.2 Å². The summed E-state index contributed by atoms with van der Waals surface area (Å²) in [6.45, 7) is 1.44. The van der Waals surface area contributed by atoms with E-state index in [0.717, 1.165) is 18.4 Å². The molecule has 0 amide bonds. The molecule has 0 aliphatic rings. The molecule has 88 valence electrons. The van der Waals surface area contributed by atoms with Crippen LogP contribution in [0.25, 0.3) is 0 Å². The minimum atomic E-state index is -4.72. The van der Waals surface area contributed by atoms with E-state index in [1.54, 1.807) is 0 Å². The van der Waals surface area contributed by atoms with E-state index in [-0.39, 0.29) is 5.56 Å². The van der Waals surface area contributed by atoms with Gasteiger partial charge in [0.25, 0.3) is 0 Å². The number of alkyl halides is 3. The molecule has 0 aromatic heterocycles. The van der Waals surface area contributed by atoms with Gasteiger partial charge in [0.15, 0.2) is 0 Å². The Balaban J connectivity index is 0.000000673. The first-order valence-corrected chi connectivity index (χ1v) is 4.13. The smallest absolute Gasteiger partial charge is 0.406 e. The summed E-state index contributed by atoms with van der Waals surface area (Å²) in [4.78, 5) is 19.0. The fourth-order valence-corrected chi connectivity index (χ4v) is 0.785. The lowest BCUT2D eigenvalue weighted by molar-refractivity contribution is -0.274. The van der Waals surface area contributed by atoms with Crippen molar-refractivity contribution in [3.8, 4) is 5.75 Å². The van der Waals surface area contributed by atoms with Gasteiger partial charge in [-0.1, -0.05) is 12.1 Å². The quantitative estimate of drug-likeness (QED) is 0.738. The molecule has 1 aromatic rings. The summed E-state index contributed by atoms with van der Waals surface area (Å²) in [7, 11) is 0. The first-order chi connectivity index (χ1) is 7.42. The van der Waals surface area contributed by atoms with Gasteiger partial charge in [-0.05, 0) is 19.1 Å².